The summed E-state index contributed by atoms with van der Waals surface area (Å²) in [6, 6.07) is 0. The molecule has 2 aliphatic rings. The van der Waals surface area contributed by atoms with Gasteiger partial charge in [-0.2, -0.15) is 0 Å². The van der Waals surface area contributed by atoms with Gasteiger partial charge in [-0.1, -0.05) is 44.9 Å². The van der Waals surface area contributed by atoms with Crippen LogP contribution in [0.25, 0.3) is 0 Å². The van der Waals surface area contributed by atoms with Gasteiger partial charge in [0.25, 0.3) is 0 Å². The van der Waals surface area contributed by atoms with Crippen molar-refractivity contribution in [1.29, 1.82) is 0 Å². The number of amides is 2. The Bertz CT molecular complexity index is 757. The fourth-order valence-electron chi connectivity index (χ4n) is 4.69. The molecule has 2 amide bonds. The van der Waals surface area contributed by atoms with Gasteiger partial charge in [0.1, 0.15) is 5.82 Å². The van der Waals surface area contributed by atoms with Crippen LogP contribution in [0.1, 0.15) is 58.2 Å². The zero-order chi connectivity index (χ0) is 23.0. The first-order chi connectivity index (χ1) is 15.4. The minimum absolute atomic E-state index is 0.0194. The molecule has 3 N–H and O–H groups in total. The number of aromatic nitrogens is 3. The SMILES string of the molecule is CC(C)Cn1c(CCC(N)=O)nnc1SCC(=O)NCC1(N2CCOCC2)CCCCC1. The molecule has 1 aliphatic carbocycles. The first-order valence-corrected chi connectivity index (χ1v) is 12.8. The van der Waals surface area contributed by atoms with E-state index in [-0.39, 0.29) is 23.8 Å². The summed E-state index contributed by atoms with van der Waals surface area (Å²) in [6.07, 6.45) is 6.68. The number of carbonyl (C=O) groups excluding carboxylic acids is 2. The van der Waals surface area contributed by atoms with Gasteiger partial charge in [0.05, 0.1) is 19.0 Å². The highest BCUT2D eigenvalue weighted by atomic mass is 32.2. The number of ether oxygens (including phenoxy) is 1. The molecular weight excluding hydrogens is 428 g/mol. The summed E-state index contributed by atoms with van der Waals surface area (Å²) in [5, 5.41) is 12.4. The summed E-state index contributed by atoms with van der Waals surface area (Å²) in [6.45, 7) is 9.10. The molecule has 10 heteroatoms. The van der Waals surface area contributed by atoms with Gasteiger partial charge in [0.15, 0.2) is 5.16 Å². The van der Waals surface area contributed by atoms with Crippen LogP contribution in [0.5, 0.6) is 0 Å². The number of nitrogens with one attached hydrogen (secondary N) is 1. The van der Waals surface area contributed by atoms with Gasteiger partial charge in [0.2, 0.25) is 11.8 Å². The molecule has 1 saturated carbocycles. The van der Waals surface area contributed by atoms with Crippen LogP contribution >= 0.6 is 11.8 Å². The molecule has 2 fully saturated rings. The van der Waals surface area contributed by atoms with Crippen molar-refractivity contribution in [3.05, 3.63) is 5.82 Å². The number of primary amides is 1. The molecule has 1 aromatic rings. The average molecular weight is 467 g/mol. The monoisotopic (exact) mass is 466 g/mol. The molecule has 0 unspecified atom stereocenters. The Morgan fingerprint density at radius 2 is 1.91 bits per heavy atom. The summed E-state index contributed by atoms with van der Waals surface area (Å²) in [5.74, 6) is 1.10. The van der Waals surface area contributed by atoms with Crippen molar-refractivity contribution >= 4 is 23.6 Å². The molecule has 0 spiro atoms. The molecule has 9 nitrogen and oxygen atoms in total. The van der Waals surface area contributed by atoms with Crippen molar-refractivity contribution in [3.8, 4) is 0 Å². The van der Waals surface area contributed by atoms with E-state index < -0.39 is 0 Å². The van der Waals surface area contributed by atoms with Gasteiger partial charge in [-0.25, -0.2) is 0 Å². The van der Waals surface area contributed by atoms with Crippen LogP contribution in [0.2, 0.25) is 0 Å². The molecule has 1 aromatic heterocycles. The Kier molecular flexibility index (Phi) is 9.36. The molecular formula is C22H38N6O3S. The number of hydrogen-bond acceptors (Lipinski definition) is 7. The molecule has 180 valence electrons. The second kappa shape index (κ2) is 12.0. The highest BCUT2D eigenvalue weighted by molar-refractivity contribution is 7.99. The molecule has 0 bridgehead atoms. The van der Waals surface area contributed by atoms with Gasteiger partial charge in [0, 0.05) is 44.6 Å². The van der Waals surface area contributed by atoms with Crippen molar-refractivity contribution in [2.24, 2.45) is 11.7 Å². The fraction of sp³-hybridized carbons (Fsp3) is 0.818. The van der Waals surface area contributed by atoms with Crippen LogP contribution in [-0.4, -0.2) is 75.6 Å². The zero-order valence-corrected chi connectivity index (χ0v) is 20.3. The maximum absolute atomic E-state index is 12.7. The Balaban J connectivity index is 1.57. The lowest BCUT2D eigenvalue weighted by Crippen LogP contribution is -2.59. The maximum atomic E-state index is 12.7. The molecule has 3 rings (SSSR count). The highest BCUT2D eigenvalue weighted by Crippen LogP contribution is 2.34. The van der Waals surface area contributed by atoms with Crippen LogP contribution in [0.3, 0.4) is 0 Å². The highest BCUT2D eigenvalue weighted by Gasteiger charge is 2.38. The number of morpholine rings is 1. The molecule has 0 radical (unpaired) electrons. The minimum Gasteiger partial charge on any atom is -0.379 e. The van der Waals surface area contributed by atoms with Gasteiger partial charge < -0.3 is 20.4 Å². The van der Waals surface area contributed by atoms with E-state index in [1.165, 1.54) is 31.0 Å². The molecule has 2 heterocycles. The smallest absolute Gasteiger partial charge is 0.230 e. The third-order valence-electron chi connectivity index (χ3n) is 6.35. The van der Waals surface area contributed by atoms with Crippen LogP contribution in [0.15, 0.2) is 5.16 Å². The third-order valence-corrected chi connectivity index (χ3v) is 7.32. The van der Waals surface area contributed by atoms with Crippen molar-refractivity contribution in [3.63, 3.8) is 0 Å². The number of nitrogens with two attached hydrogens (primary N) is 1. The fourth-order valence-corrected chi connectivity index (χ4v) is 5.49. The number of nitrogens with zero attached hydrogens (tertiary/aromatic N) is 4. The Hall–Kier alpha value is -1.65. The largest absolute Gasteiger partial charge is 0.379 e. The third kappa shape index (κ3) is 6.92. The van der Waals surface area contributed by atoms with Crippen LogP contribution in [0.4, 0.5) is 0 Å². The van der Waals surface area contributed by atoms with E-state index >= 15 is 0 Å². The van der Waals surface area contributed by atoms with Crippen LogP contribution < -0.4 is 11.1 Å². The summed E-state index contributed by atoms with van der Waals surface area (Å²) in [7, 11) is 0. The van der Waals surface area contributed by atoms with E-state index in [9.17, 15) is 9.59 Å². The van der Waals surface area contributed by atoms with Gasteiger partial charge in [-0.3, -0.25) is 14.5 Å². The average Bonchev–Trinajstić information content (AvgIpc) is 3.16. The number of hydrogen-bond donors (Lipinski definition) is 2. The van der Waals surface area contributed by atoms with E-state index in [2.05, 4.69) is 34.3 Å². The van der Waals surface area contributed by atoms with Crippen LogP contribution in [-0.2, 0) is 27.3 Å². The normalized spacial score (nSPS) is 19.2. The van der Waals surface area contributed by atoms with Crippen molar-refractivity contribution < 1.29 is 14.3 Å². The summed E-state index contributed by atoms with van der Waals surface area (Å²) < 4.78 is 7.56. The Labute approximate surface area is 195 Å². The second-order valence-electron chi connectivity index (χ2n) is 9.32. The lowest BCUT2D eigenvalue weighted by Gasteiger charge is -2.48. The summed E-state index contributed by atoms with van der Waals surface area (Å²) in [5.41, 5.74) is 5.35. The molecule has 1 aliphatic heterocycles. The van der Waals surface area contributed by atoms with E-state index in [0.29, 0.717) is 29.8 Å². The van der Waals surface area contributed by atoms with Crippen LogP contribution in [0, 0.1) is 5.92 Å². The summed E-state index contributed by atoms with van der Waals surface area (Å²) in [4.78, 5) is 26.4. The molecule has 32 heavy (non-hydrogen) atoms. The second-order valence-corrected chi connectivity index (χ2v) is 10.3. The summed E-state index contributed by atoms with van der Waals surface area (Å²) >= 11 is 1.40. The van der Waals surface area contributed by atoms with Gasteiger partial charge in [-0.05, 0) is 18.8 Å². The quantitative estimate of drug-likeness (QED) is 0.476. The van der Waals surface area contributed by atoms with Crippen molar-refractivity contribution in [1.82, 2.24) is 25.0 Å². The number of thioether (sulfide) groups is 1. The van der Waals surface area contributed by atoms with Gasteiger partial charge >= 0.3 is 0 Å². The zero-order valence-electron chi connectivity index (χ0n) is 19.5. The van der Waals surface area contributed by atoms with E-state index in [4.69, 9.17) is 10.5 Å². The van der Waals surface area contributed by atoms with E-state index in [1.54, 1.807) is 0 Å². The maximum Gasteiger partial charge on any atom is 0.230 e. The first kappa shape index (κ1) is 25.0. The number of carbonyl (C=O) groups is 2. The van der Waals surface area contributed by atoms with Crippen molar-refractivity contribution in [2.45, 2.75) is 76.0 Å². The number of rotatable bonds is 11. The Morgan fingerprint density at radius 3 is 2.56 bits per heavy atom. The minimum atomic E-state index is -0.352. The van der Waals surface area contributed by atoms with E-state index in [1.807, 2.05) is 4.57 Å². The standard InChI is InChI=1S/C22H38N6O3S/c1-17(2)14-28-19(7-6-18(23)29)25-26-21(28)32-15-20(30)24-16-22(8-4-3-5-9-22)27-10-12-31-13-11-27/h17H,3-16H2,1-2H3,(H2,23,29)(H,24,30). The first-order valence-electron chi connectivity index (χ1n) is 11.8. The number of aryl methyl sites for hydroxylation is 1. The lowest BCUT2D eigenvalue weighted by atomic mass is 9.79. The van der Waals surface area contributed by atoms with E-state index in [0.717, 1.165) is 51.5 Å². The molecule has 0 atom stereocenters. The Morgan fingerprint density at radius 1 is 1.19 bits per heavy atom. The van der Waals surface area contributed by atoms with Crippen molar-refractivity contribution in [2.75, 3.05) is 38.6 Å². The molecule has 0 aromatic carbocycles. The predicted molar refractivity (Wildman–Crippen MR) is 124 cm³/mol. The predicted octanol–water partition coefficient (Wildman–Crippen LogP) is 1.60. The topological polar surface area (TPSA) is 115 Å². The molecule has 1 saturated heterocycles. The van der Waals surface area contributed by atoms with Gasteiger partial charge in [-0.15, -0.1) is 10.2 Å². The lowest BCUT2D eigenvalue weighted by molar-refractivity contribution is -0.120.